The summed E-state index contributed by atoms with van der Waals surface area (Å²) in [6.45, 7) is 5.44. The summed E-state index contributed by atoms with van der Waals surface area (Å²) >= 11 is 0. The molecule has 8 nitrogen and oxygen atoms in total. The van der Waals surface area contributed by atoms with Gasteiger partial charge in [-0.1, -0.05) is 12.1 Å². The summed E-state index contributed by atoms with van der Waals surface area (Å²) in [5, 5.41) is 17.2. The highest BCUT2D eigenvalue weighted by Gasteiger charge is 2.44. The van der Waals surface area contributed by atoms with Gasteiger partial charge in [0, 0.05) is 47.8 Å². The number of rotatable bonds is 4. The summed E-state index contributed by atoms with van der Waals surface area (Å²) in [7, 11) is 1.73. The monoisotopic (exact) mass is 597 g/mol. The van der Waals surface area contributed by atoms with Crippen molar-refractivity contribution in [2.45, 2.75) is 70.2 Å². The van der Waals surface area contributed by atoms with E-state index in [4.69, 9.17) is 4.74 Å². The van der Waals surface area contributed by atoms with Gasteiger partial charge >= 0.3 is 6.09 Å². The molecule has 2 amide bonds. The van der Waals surface area contributed by atoms with E-state index >= 15 is 4.39 Å². The quantitative estimate of drug-likeness (QED) is 0.282. The third kappa shape index (κ3) is 5.50. The van der Waals surface area contributed by atoms with E-state index in [0.29, 0.717) is 46.2 Å². The second-order valence-electron chi connectivity index (χ2n) is 12.6. The van der Waals surface area contributed by atoms with Crippen LogP contribution in [0.3, 0.4) is 0 Å². The normalized spacial score (nSPS) is 19.6. The van der Waals surface area contributed by atoms with E-state index in [2.05, 4.69) is 10.4 Å². The Morgan fingerprint density at radius 1 is 0.977 bits per heavy atom. The van der Waals surface area contributed by atoms with Gasteiger partial charge in [-0.15, -0.1) is 0 Å². The predicted octanol–water partition coefficient (Wildman–Crippen LogP) is 6.72. The van der Waals surface area contributed by atoms with Crippen LogP contribution in [0.5, 0.6) is 0 Å². The van der Waals surface area contributed by atoms with Crippen LogP contribution in [0.4, 0.5) is 13.6 Å². The Bertz CT molecular complexity index is 1820. The summed E-state index contributed by atoms with van der Waals surface area (Å²) in [4.78, 5) is 28.3. The Morgan fingerprint density at radius 3 is 2.36 bits per heavy atom. The van der Waals surface area contributed by atoms with Gasteiger partial charge in [0.05, 0.1) is 17.3 Å². The fourth-order valence-electron chi connectivity index (χ4n) is 6.55. The molecule has 3 atom stereocenters. The van der Waals surface area contributed by atoms with Crippen molar-refractivity contribution in [3.05, 3.63) is 77.5 Å². The zero-order valence-corrected chi connectivity index (χ0v) is 25.0. The molecular formula is C34H33F2N5O3. The molecule has 226 valence electrons. The molecule has 3 heterocycles. The summed E-state index contributed by atoms with van der Waals surface area (Å²) in [6, 6.07) is 14.0. The molecule has 0 saturated carbocycles. The van der Waals surface area contributed by atoms with Crippen LogP contribution >= 0.6 is 0 Å². The molecular weight excluding hydrogens is 564 g/mol. The van der Waals surface area contributed by atoms with Gasteiger partial charge in [0.2, 0.25) is 0 Å². The molecule has 3 aromatic carbocycles. The molecule has 44 heavy (non-hydrogen) atoms. The van der Waals surface area contributed by atoms with Crippen molar-refractivity contribution >= 4 is 22.9 Å². The molecule has 0 unspecified atom stereocenters. The first-order chi connectivity index (χ1) is 20.9. The predicted molar refractivity (Wildman–Crippen MR) is 162 cm³/mol. The summed E-state index contributed by atoms with van der Waals surface area (Å²) < 4.78 is 37.4. The lowest BCUT2D eigenvalue weighted by atomic mass is 9.90. The largest absolute Gasteiger partial charge is 0.444 e. The molecule has 6 rings (SSSR count). The molecule has 0 spiro atoms. The van der Waals surface area contributed by atoms with Crippen LogP contribution in [0.1, 0.15) is 62.4 Å². The molecule has 2 fully saturated rings. The number of fused-ring (bicyclic) bond motifs is 3. The minimum atomic E-state index is -0.700. The number of halogens is 2. The Labute approximate surface area is 254 Å². The number of amides is 2. The highest BCUT2D eigenvalue weighted by atomic mass is 19.1. The van der Waals surface area contributed by atoms with Crippen molar-refractivity contribution < 1.29 is 23.1 Å². The van der Waals surface area contributed by atoms with Crippen molar-refractivity contribution in [1.82, 2.24) is 20.0 Å². The third-order valence-corrected chi connectivity index (χ3v) is 8.48. The Balaban J connectivity index is 1.35. The number of nitrogens with one attached hydrogen (secondary N) is 1. The first kappa shape index (κ1) is 29.3. The van der Waals surface area contributed by atoms with E-state index < -0.39 is 23.3 Å². The number of nitrogens with zero attached hydrogens (tertiary/aromatic N) is 4. The molecule has 0 aliphatic carbocycles. The average Bonchev–Trinajstić information content (AvgIpc) is 3.45. The zero-order chi connectivity index (χ0) is 31.3. The van der Waals surface area contributed by atoms with Gasteiger partial charge in [-0.3, -0.25) is 9.48 Å². The van der Waals surface area contributed by atoms with E-state index in [9.17, 15) is 19.2 Å². The lowest BCUT2D eigenvalue weighted by Crippen LogP contribution is -2.53. The maximum atomic E-state index is 15.6. The first-order valence-corrected chi connectivity index (χ1v) is 14.7. The molecule has 2 saturated heterocycles. The van der Waals surface area contributed by atoms with E-state index in [1.54, 1.807) is 48.3 Å². The molecule has 2 aliphatic rings. The SMILES string of the molecule is Cn1ncc2cc(-c3ccc(C(=O)N4[C@@H]5CC[C@H]4C[C@H](NC(=O)OC(C)(C)C)C5)cc3-c3ccc(C#N)c(F)c3)c(F)cc21. The van der Waals surface area contributed by atoms with Crippen molar-refractivity contribution in [2.24, 2.45) is 7.05 Å². The molecule has 10 heteroatoms. The highest BCUT2D eigenvalue weighted by Crippen LogP contribution is 2.40. The van der Waals surface area contributed by atoms with Gasteiger partial charge in [-0.2, -0.15) is 10.4 Å². The van der Waals surface area contributed by atoms with Crippen LogP contribution in [0, 0.1) is 23.0 Å². The van der Waals surface area contributed by atoms with Crippen LogP contribution in [0.2, 0.25) is 0 Å². The Kier molecular flexibility index (Phi) is 7.36. The maximum absolute atomic E-state index is 15.6. The number of hydrogen-bond acceptors (Lipinski definition) is 5. The highest BCUT2D eigenvalue weighted by molar-refractivity contribution is 5.99. The molecule has 1 aromatic heterocycles. The number of carbonyl (C=O) groups is 2. The summed E-state index contributed by atoms with van der Waals surface area (Å²) in [6.07, 6.45) is 4.06. The average molecular weight is 598 g/mol. The van der Waals surface area contributed by atoms with Crippen molar-refractivity contribution in [3.63, 3.8) is 0 Å². The Morgan fingerprint density at radius 2 is 1.70 bits per heavy atom. The van der Waals surface area contributed by atoms with Gasteiger partial charge in [-0.05, 0) is 93.5 Å². The van der Waals surface area contributed by atoms with Crippen molar-refractivity contribution in [3.8, 4) is 28.3 Å². The number of aromatic nitrogens is 2. The maximum Gasteiger partial charge on any atom is 0.407 e. The van der Waals surface area contributed by atoms with Crippen LogP contribution in [-0.2, 0) is 11.8 Å². The molecule has 0 radical (unpaired) electrons. The number of nitriles is 1. The van der Waals surface area contributed by atoms with Crippen LogP contribution in [0.15, 0.2) is 54.7 Å². The van der Waals surface area contributed by atoms with E-state index in [-0.39, 0.29) is 29.6 Å². The molecule has 2 aliphatic heterocycles. The number of alkyl carbamates (subject to hydrolysis) is 1. The van der Waals surface area contributed by atoms with E-state index in [0.717, 1.165) is 18.2 Å². The lowest BCUT2D eigenvalue weighted by Gasteiger charge is -2.39. The van der Waals surface area contributed by atoms with Crippen LogP contribution in [0.25, 0.3) is 33.2 Å². The lowest BCUT2D eigenvalue weighted by molar-refractivity contribution is 0.0418. The van der Waals surface area contributed by atoms with Gasteiger partial charge in [0.25, 0.3) is 5.91 Å². The standard InChI is InChI=1S/C34H33F2N5O3/c1-34(2,3)44-33(43)39-23-14-24-8-9-25(15-23)41(24)32(42)20-7-10-26(27(11-20)19-5-6-21(17-37)29(35)13-19)28-12-22-18-38-40(4)31(22)16-30(28)36/h5-7,10-13,16,18,23-25H,8-9,14-15H2,1-4H3,(H,39,43)/t23-,24-,25+. The van der Waals surface area contributed by atoms with Gasteiger partial charge in [0.15, 0.2) is 0 Å². The number of carbonyl (C=O) groups excluding carboxylic acids is 2. The van der Waals surface area contributed by atoms with Gasteiger partial charge in [0.1, 0.15) is 23.3 Å². The number of piperidine rings is 1. The number of aryl methyl sites for hydroxylation is 1. The second kappa shape index (κ2) is 11.1. The smallest absolute Gasteiger partial charge is 0.407 e. The summed E-state index contributed by atoms with van der Waals surface area (Å²) in [5.74, 6) is -1.35. The van der Waals surface area contributed by atoms with Crippen LogP contribution in [-0.4, -0.2) is 50.4 Å². The number of hydrogen-bond donors (Lipinski definition) is 1. The minimum Gasteiger partial charge on any atom is -0.444 e. The van der Waals surface area contributed by atoms with Crippen molar-refractivity contribution in [2.75, 3.05) is 0 Å². The first-order valence-electron chi connectivity index (χ1n) is 14.7. The number of benzene rings is 3. The van der Waals surface area contributed by atoms with E-state index in [1.165, 1.54) is 18.2 Å². The third-order valence-electron chi connectivity index (χ3n) is 8.48. The zero-order valence-electron chi connectivity index (χ0n) is 25.0. The topological polar surface area (TPSA) is 100 Å². The minimum absolute atomic E-state index is 0.0536. The van der Waals surface area contributed by atoms with E-state index in [1.807, 2.05) is 31.7 Å². The van der Waals surface area contributed by atoms with Gasteiger partial charge < -0.3 is 15.0 Å². The Hall–Kier alpha value is -4.78. The fraction of sp³-hybridized carbons (Fsp3) is 0.353. The fourth-order valence-corrected chi connectivity index (χ4v) is 6.55. The van der Waals surface area contributed by atoms with Gasteiger partial charge in [-0.25, -0.2) is 13.6 Å². The summed E-state index contributed by atoms with van der Waals surface area (Å²) in [5.41, 5.74) is 1.97. The molecule has 1 N–H and O–H groups in total. The number of ether oxygens (including phenoxy) is 1. The second-order valence-corrected chi connectivity index (χ2v) is 12.6. The van der Waals surface area contributed by atoms with Crippen molar-refractivity contribution in [1.29, 1.82) is 5.26 Å². The van der Waals surface area contributed by atoms with Crippen LogP contribution < -0.4 is 5.32 Å². The molecule has 2 bridgehead atoms. The molecule has 4 aromatic rings.